The Morgan fingerprint density at radius 3 is 2.43 bits per heavy atom. The third kappa shape index (κ3) is 4.66. The van der Waals surface area contributed by atoms with Crippen LogP contribution in [0.2, 0.25) is 0 Å². The van der Waals surface area contributed by atoms with Crippen LogP contribution in [-0.2, 0) is 4.79 Å². The number of ether oxygens (including phenoxy) is 2. The van der Waals surface area contributed by atoms with Crippen LogP contribution in [0, 0.1) is 0 Å². The van der Waals surface area contributed by atoms with E-state index in [2.05, 4.69) is 5.32 Å². The molecule has 1 aromatic rings. The topological polar surface area (TPSA) is 67.9 Å². The molecule has 2 amide bonds. The maximum atomic E-state index is 12.4. The lowest BCUT2D eigenvalue weighted by molar-refractivity contribution is -0.122. The van der Waals surface area contributed by atoms with E-state index in [9.17, 15) is 9.59 Å². The largest absolute Gasteiger partial charge is 0.497 e. The van der Waals surface area contributed by atoms with Crippen molar-refractivity contribution in [3.63, 3.8) is 0 Å². The Bertz CT molecular complexity index is 514. The van der Waals surface area contributed by atoms with Gasteiger partial charge in [-0.05, 0) is 26.0 Å². The lowest BCUT2D eigenvalue weighted by Gasteiger charge is -2.19. The molecule has 0 saturated heterocycles. The van der Waals surface area contributed by atoms with Crippen molar-refractivity contribution in [2.45, 2.75) is 19.9 Å². The number of hydrogen-bond acceptors (Lipinski definition) is 4. The molecule has 0 heterocycles. The zero-order valence-corrected chi connectivity index (χ0v) is 13.1. The second kappa shape index (κ2) is 7.52. The molecule has 0 unspecified atom stereocenters. The first-order valence-corrected chi connectivity index (χ1v) is 6.66. The number of rotatable bonds is 6. The summed E-state index contributed by atoms with van der Waals surface area (Å²) in [5, 5.41) is 2.74. The number of nitrogens with zero attached hydrogens (tertiary/aromatic N) is 1. The molecule has 0 fully saturated rings. The van der Waals surface area contributed by atoms with Gasteiger partial charge in [-0.15, -0.1) is 0 Å². The predicted octanol–water partition coefficient (Wildman–Crippen LogP) is 1.30. The molecule has 0 radical (unpaired) electrons. The predicted molar refractivity (Wildman–Crippen MR) is 79.8 cm³/mol. The quantitative estimate of drug-likeness (QED) is 0.858. The Balaban J connectivity index is 2.85. The minimum Gasteiger partial charge on any atom is -0.497 e. The summed E-state index contributed by atoms with van der Waals surface area (Å²) in [6.45, 7) is 3.73. The van der Waals surface area contributed by atoms with Gasteiger partial charge in [-0.1, -0.05) is 0 Å². The van der Waals surface area contributed by atoms with Crippen molar-refractivity contribution in [2.24, 2.45) is 0 Å². The van der Waals surface area contributed by atoms with Crippen LogP contribution in [0.15, 0.2) is 18.2 Å². The molecule has 0 spiro atoms. The van der Waals surface area contributed by atoms with Crippen LogP contribution in [0.3, 0.4) is 0 Å². The first kappa shape index (κ1) is 16.8. The van der Waals surface area contributed by atoms with Crippen molar-refractivity contribution >= 4 is 11.8 Å². The molecule has 6 heteroatoms. The molecule has 0 aliphatic carbocycles. The number of benzene rings is 1. The second-order valence-corrected chi connectivity index (χ2v) is 4.95. The highest BCUT2D eigenvalue weighted by Crippen LogP contribution is 2.25. The number of methoxy groups -OCH3 is 2. The lowest BCUT2D eigenvalue weighted by Crippen LogP contribution is -2.40. The van der Waals surface area contributed by atoms with E-state index in [4.69, 9.17) is 9.47 Å². The molecule has 0 saturated carbocycles. The number of nitrogens with one attached hydrogen (secondary N) is 1. The minimum absolute atomic E-state index is 0.00774. The zero-order valence-electron chi connectivity index (χ0n) is 13.1. The van der Waals surface area contributed by atoms with Crippen LogP contribution in [0.4, 0.5) is 0 Å². The average Bonchev–Trinajstić information content (AvgIpc) is 2.44. The highest BCUT2D eigenvalue weighted by molar-refractivity contribution is 5.98. The van der Waals surface area contributed by atoms with E-state index in [0.29, 0.717) is 17.1 Å². The van der Waals surface area contributed by atoms with E-state index in [1.54, 1.807) is 32.4 Å². The summed E-state index contributed by atoms with van der Waals surface area (Å²) in [5.41, 5.74) is 0.387. The van der Waals surface area contributed by atoms with Gasteiger partial charge in [-0.2, -0.15) is 0 Å². The molecule has 0 aliphatic heterocycles. The summed E-state index contributed by atoms with van der Waals surface area (Å²) in [7, 11) is 4.60. The first-order chi connectivity index (χ1) is 9.88. The Morgan fingerprint density at radius 1 is 1.24 bits per heavy atom. The molecule has 1 N–H and O–H groups in total. The van der Waals surface area contributed by atoms with E-state index >= 15 is 0 Å². The second-order valence-electron chi connectivity index (χ2n) is 4.95. The summed E-state index contributed by atoms with van der Waals surface area (Å²) in [6, 6.07) is 4.97. The molecule has 21 heavy (non-hydrogen) atoms. The molecule has 116 valence electrons. The Kier molecular flexibility index (Phi) is 6.02. The molecular weight excluding hydrogens is 272 g/mol. The van der Waals surface area contributed by atoms with Crippen LogP contribution in [0.1, 0.15) is 24.2 Å². The van der Waals surface area contributed by atoms with Gasteiger partial charge in [-0.25, -0.2) is 0 Å². The van der Waals surface area contributed by atoms with Crippen LogP contribution in [0.25, 0.3) is 0 Å². The summed E-state index contributed by atoms with van der Waals surface area (Å²) in [4.78, 5) is 25.4. The zero-order chi connectivity index (χ0) is 16.0. The van der Waals surface area contributed by atoms with Gasteiger partial charge < -0.3 is 19.7 Å². The van der Waals surface area contributed by atoms with Gasteiger partial charge in [0.25, 0.3) is 5.91 Å². The summed E-state index contributed by atoms with van der Waals surface area (Å²) < 4.78 is 10.3. The fourth-order valence-electron chi connectivity index (χ4n) is 1.84. The van der Waals surface area contributed by atoms with E-state index in [0.717, 1.165) is 0 Å². The normalized spacial score (nSPS) is 10.2. The van der Waals surface area contributed by atoms with Crippen molar-refractivity contribution in [3.05, 3.63) is 23.8 Å². The standard InChI is InChI=1S/C15H22N2O4/c1-10(2)16-14(18)9-17(3)15(19)12-7-6-11(20-4)8-13(12)21-5/h6-8,10H,9H2,1-5H3,(H,16,18). The van der Waals surface area contributed by atoms with Gasteiger partial charge >= 0.3 is 0 Å². The van der Waals surface area contributed by atoms with E-state index in [-0.39, 0.29) is 24.4 Å². The van der Waals surface area contributed by atoms with Crippen molar-refractivity contribution in [1.29, 1.82) is 0 Å². The third-order valence-electron chi connectivity index (χ3n) is 2.82. The summed E-state index contributed by atoms with van der Waals surface area (Å²) >= 11 is 0. The first-order valence-electron chi connectivity index (χ1n) is 6.66. The molecule has 0 atom stereocenters. The van der Waals surface area contributed by atoms with E-state index in [1.807, 2.05) is 13.8 Å². The molecular formula is C15H22N2O4. The van der Waals surface area contributed by atoms with Crippen molar-refractivity contribution in [1.82, 2.24) is 10.2 Å². The number of carbonyl (C=O) groups is 2. The monoisotopic (exact) mass is 294 g/mol. The number of hydrogen-bond donors (Lipinski definition) is 1. The Hall–Kier alpha value is -2.24. The number of carbonyl (C=O) groups excluding carboxylic acids is 2. The van der Waals surface area contributed by atoms with Crippen LogP contribution < -0.4 is 14.8 Å². The average molecular weight is 294 g/mol. The smallest absolute Gasteiger partial charge is 0.257 e. The maximum absolute atomic E-state index is 12.4. The highest BCUT2D eigenvalue weighted by atomic mass is 16.5. The minimum atomic E-state index is -0.284. The molecule has 0 aromatic heterocycles. The van der Waals surface area contributed by atoms with Gasteiger partial charge in [0.05, 0.1) is 26.3 Å². The van der Waals surface area contributed by atoms with Gasteiger partial charge in [0.15, 0.2) is 0 Å². The summed E-state index contributed by atoms with van der Waals surface area (Å²) in [5.74, 6) is 0.529. The lowest BCUT2D eigenvalue weighted by atomic mass is 10.1. The van der Waals surface area contributed by atoms with Crippen molar-refractivity contribution in [2.75, 3.05) is 27.8 Å². The van der Waals surface area contributed by atoms with Crippen LogP contribution in [-0.4, -0.2) is 50.6 Å². The third-order valence-corrected chi connectivity index (χ3v) is 2.82. The number of likely N-dealkylation sites (N-methyl/N-ethyl adjacent to an activating group) is 1. The summed E-state index contributed by atoms with van der Waals surface area (Å²) in [6.07, 6.45) is 0. The molecule has 1 rings (SSSR count). The van der Waals surface area contributed by atoms with Gasteiger partial charge in [0.1, 0.15) is 11.5 Å². The fraction of sp³-hybridized carbons (Fsp3) is 0.467. The van der Waals surface area contributed by atoms with E-state index < -0.39 is 0 Å². The van der Waals surface area contributed by atoms with Crippen LogP contribution in [0.5, 0.6) is 11.5 Å². The van der Waals surface area contributed by atoms with Gasteiger partial charge in [0.2, 0.25) is 5.91 Å². The molecule has 1 aromatic carbocycles. The van der Waals surface area contributed by atoms with Crippen molar-refractivity contribution in [3.8, 4) is 11.5 Å². The Labute approximate surface area is 125 Å². The molecule has 0 aliphatic rings. The van der Waals surface area contributed by atoms with Gasteiger partial charge in [0, 0.05) is 19.2 Å². The number of amides is 2. The maximum Gasteiger partial charge on any atom is 0.257 e. The SMILES string of the molecule is COc1ccc(C(=O)N(C)CC(=O)NC(C)C)c(OC)c1. The van der Waals surface area contributed by atoms with E-state index in [1.165, 1.54) is 12.0 Å². The van der Waals surface area contributed by atoms with Crippen LogP contribution >= 0.6 is 0 Å². The fourth-order valence-corrected chi connectivity index (χ4v) is 1.84. The Morgan fingerprint density at radius 2 is 1.90 bits per heavy atom. The highest BCUT2D eigenvalue weighted by Gasteiger charge is 2.19. The molecule has 6 nitrogen and oxygen atoms in total. The van der Waals surface area contributed by atoms with Gasteiger partial charge in [-0.3, -0.25) is 9.59 Å². The molecule has 0 bridgehead atoms. The van der Waals surface area contributed by atoms with Crippen molar-refractivity contribution < 1.29 is 19.1 Å².